The Kier molecular flexibility index (Phi) is 5.60. The minimum Gasteiger partial charge on any atom is -0.424 e. The number of aryl methyl sites for hydroxylation is 1. The Bertz CT molecular complexity index is 858. The summed E-state index contributed by atoms with van der Waals surface area (Å²) in [6.45, 7) is 2.08. The summed E-state index contributed by atoms with van der Waals surface area (Å²) in [4.78, 5) is 12.2. The summed E-state index contributed by atoms with van der Waals surface area (Å²) in [7, 11) is 0. The number of urea groups is 1. The van der Waals surface area contributed by atoms with E-state index in [2.05, 4.69) is 12.2 Å². The highest BCUT2D eigenvalue weighted by Gasteiger charge is 2.65. The number of hydrogen-bond donors (Lipinski definition) is 2. The molecule has 0 aliphatic carbocycles. The molecule has 1 aliphatic rings. The van der Waals surface area contributed by atoms with Crippen LogP contribution in [-0.4, -0.2) is 18.1 Å². The van der Waals surface area contributed by atoms with Crippen LogP contribution in [0.3, 0.4) is 0 Å². The van der Waals surface area contributed by atoms with Crippen LogP contribution in [0, 0.1) is 0 Å². The van der Waals surface area contributed by atoms with E-state index >= 15 is 0 Å². The van der Waals surface area contributed by atoms with E-state index in [-0.39, 0.29) is 16.5 Å². The molecular weight excluding hydrogens is 397 g/mol. The molecule has 0 bridgehead atoms. The van der Waals surface area contributed by atoms with Crippen molar-refractivity contribution in [2.75, 3.05) is 5.32 Å². The minimum absolute atomic E-state index is 0.174. The van der Waals surface area contributed by atoms with Gasteiger partial charge in [0.2, 0.25) is 0 Å². The van der Waals surface area contributed by atoms with Gasteiger partial charge in [-0.3, -0.25) is 5.32 Å². The van der Waals surface area contributed by atoms with Gasteiger partial charge in [-0.2, -0.15) is 13.2 Å². The van der Waals surface area contributed by atoms with Crippen molar-refractivity contribution in [1.82, 2.24) is 5.32 Å². The molecule has 5 nitrogen and oxygen atoms in total. The third-order valence-corrected chi connectivity index (χ3v) is 4.33. The zero-order valence-electron chi connectivity index (χ0n) is 14.9. The number of unbranched alkanes of at least 4 members (excludes halogenated alkanes) is 1. The fourth-order valence-corrected chi connectivity index (χ4v) is 2.82. The first-order valence-electron chi connectivity index (χ1n) is 8.65. The predicted molar refractivity (Wildman–Crippen MR) is 98.7 cm³/mol. The molecule has 3 rings (SSSR count). The van der Waals surface area contributed by atoms with Crippen molar-refractivity contribution in [3.63, 3.8) is 0 Å². The van der Waals surface area contributed by atoms with Gasteiger partial charge in [0.05, 0.1) is 0 Å². The summed E-state index contributed by atoms with van der Waals surface area (Å²) in [6, 6.07) is 9.51. The first-order valence-corrected chi connectivity index (χ1v) is 9.02. The van der Waals surface area contributed by atoms with Crippen molar-refractivity contribution < 1.29 is 27.4 Å². The van der Waals surface area contributed by atoms with Crippen LogP contribution >= 0.6 is 11.6 Å². The molecule has 2 amide bonds. The highest BCUT2D eigenvalue weighted by Crippen LogP contribution is 2.46. The summed E-state index contributed by atoms with van der Waals surface area (Å²) in [5.74, 6) is -3.74. The molecule has 1 aliphatic heterocycles. The Labute approximate surface area is 164 Å². The molecule has 28 heavy (non-hydrogen) atoms. The molecule has 1 heterocycles. The number of rotatable bonds is 5. The third-order valence-electron chi connectivity index (χ3n) is 4.10. The van der Waals surface area contributed by atoms with E-state index in [1.165, 1.54) is 18.2 Å². The maximum Gasteiger partial charge on any atom is 0.492 e. The van der Waals surface area contributed by atoms with Crippen LogP contribution in [0.1, 0.15) is 25.3 Å². The summed E-state index contributed by atoms with van der Waals surface area (Å²) < 4.78 is 50.7. The second-order valence-corrected chi connectivity index (χ2v) is 6.73. The van der Waals surface area contributed by atoms with Crippen LogP contribution < -0.4 is 20.1 Å². The third kappa shape index (κ3) is 4.27. The zero-order valence-corrected chi connectivity index (χ0v) is 15.7. The van der Waals surface area contributed by atoms with Crippen LogP contribution in [0.15, 0.2) is 42.5 Å². The molecule has 0 saturated carbocycles. The standard InChI is InChI=1S/C19H18ClF3N2O3/c1-2-3-4-12-5-8-14(9-6-12)24-17(26)25-19(18(21,22)23)27-15-10-7-13(20)11-16(15)28-19/h5-11H,2-4H2,1H3,(H2,24,25,26). The Morgan fingerprint density at radius 1 is 1.11 bits per heavy atom. The lowest BCUT2D eigenvalue weighted by Gasteiger charge is -2.29. The van der Waals surface area contributed by atoms with Crippen LogP contribution in [0.2, 0.25) is 5.02 Å². The van der Waals surface area contributed by atoms with Gasteiger partial charge in [-0.1, -0.05) is 37.1 Å². The second-order valence-electron chi connectivity index (χ2n) is 6.29. The monoisotopic (exact) mass is 414 g/mol. The highest BCUT2D eigenvalue weighted by molar-refractivity contribution is 6.30. The number of alkyl halides is 3. The van der Waals surface area contributed by atoms with Crippen molar-refractivity contribution in [2.45, 2.75) is 38.3 Å². The van der Waals surface area contributed by atoms with Crippen molar-refractivity contribution in [1.29, 1.82) is 0 Å². The van der Waals surface area contributed by atoms with Crippen LogP contribution in [-0.2, 0) is 6.42 Å². The average Bonchev–Trinajstić information content (AvgIpc) is 2.99. The summed E-state index contributed by atoms with van der Waals surface area (Å²) in [5.41, 5.74) is 1.42. The van der Waals surface area contributed by atoms with E-state index in [4.69, 9.17) is 21.1 Å². The molecule has 0 aromatic heterocycles. The number of hydrogen-bond acceptors (Lipinski definition) is 3. The number of nitrogens with one attached hydrogen (secondary N) is 2. The van der Waals surface area contributed by atoms with Gasteiger partial charge < -0.3 is 14.8 Å². The molecule has 2 aromatic rings. The minimum atomic E-state index is -5.04. The maximum atomic E-state index is 13.6. The second kappa shape index (κ2) is 7.79. The Morgan fingerprint density at radius 2 is 1.79 bits per heavy atom. The number of amides is 2. The molecular formula is C19H18ClF3N2O3. The molecule has 1 unspecified atom stereocenters. The Morgan fingerprint density at radius 3 is 2.43 bits per heavy atom. The van der Waals surface area contributed by atoms with Crippen LogP contribution in [0.5, 0.6) is 11.5 Å². The van der Waals surface area contributed by atoms with E-state index in [9.17, 15) is 18.0 Å². The fraction of sp³-hybridized carbons (Fsp3) is 0.316. The van der Waals surface area contributed by atoms with Crippen molar-refractivity contribution in [3.05, 3.63) is 53.1 Å². The zero-order chi connectivity index (χ0) is 20.4. The molecule has 9 heteroatoms. The van der Waals surface area contributed by atoms with E-state index in [1.807, 2.05) is 12.1 Å². The van der Waals surface area contributed by atoms with E-state index in [1.54, 1.807) is 17.4 Å². The molecule has 2 N–H and O–H groups in total. The summed E-state index contributed by atoms with van der Waals surface area (Å²) in [5, 5.41) is 4.26. The van der Waals surface area contributed by atoms with Gasteiger partial charge in [-0.15, -0.1) is 0 Å². The quantitative estimate of drug-likeness (QED) is 0.680. The lowest BCUT2D eigenvalue weighted by atomic mass is 10.1. The van der Waals surface area contributed by atoms with Crippen molar-refractivity contribution in [3.8, 4) is 11.5 Å². The largest absolute Gasteiger partial charge is 0.492 e. The van der Waals surface area contributed by atoms with Gasteiger partial charge in [-0.25, -0.2) is 4.79 Å². The van der Waals surface area contributed by atoms with Crippen molar-refractivity contribution in [2.24, 2.45) is 0 Å². The van der Waals surface area contributed by atoms with Gasteiger partial charge in [0, 0.05) is 16.8 Å². The van der Waals surface area contributed by atoms with Gasteiger partial charge in [0.1, 0.15) is 0 Å². The fourth-order valence-electron chi connectivity index (χ4n) is 2.66. The molecule has 1 atom stereocenters. The average molecular weight is 415 g/mol. The van der Waals surface area contributed by atoms with Crippen molar-refractivity contribution >= 4 is 23.3 Å². The van der Waals surface area contributed by atoms with Gasteiger partial charge in [-0.05, 0) is 42.7 Å². The highest BCUT2D eigenvalue weighted by atomic mass is 35.5. The Hall–Kier alpha value is -2.61. The summed E-state index contributed by atoms with van der Waals surface area (Å²) >= 11 is 5.77. The summed E-state index contributed by atoms with van der Waals surface area (Å²) in [6.07, 6.45) is -2.07. The van der Waals surface area contributed by atoms with Gasteiger partial charge in [0.25, 0.3) is 0 Å². The molecule has 0 fully saturated rings. The smallest absolute Gasteiger partial charge is 0.424 e. The number of ether oxygens (including phenoxy) is 2. The lowest BCUT2D eigenvalue weighted by Crippen LogP contribution is -2.65. The molecule has 0 saturated heterocycles. The molecule has 2 aromatic carbocycles. The lowest BCUT2D eigenvalue weighted by molar-refractivity contribution is -0.317. The predicted octanol–water partition coefficient (Wildman–Crippen LogP) is 5.49. The Balaban J connectivity index is 1.71. The molecule has 0 spiro atoms. The first-order chi connectivity index (χ1) is 13.2. The number of fused-ring (bicyclic) bond motifs is 1. The maximum absolute atomic E-state index is 13.6. The number of carbonyl (C=O) groups excluding carboxylic acids is 1. The molecule has 150 valence electrons. The van der Waals surface area contributed by atoms with Crippen LogP contribution in [0.25, 0.3) is 0 Å². The normalized spacial score (nSPS) is 18.0. The number of anilines is 1. The van der Waals surface area contributed by atoms with Gasteiger partial charge in [0.15, 0.2) is 11.5 Å². The van der Waals surface area contributed by atoms with Gasteiger partial charge >= 0.3 is 18.1 Å². The SMILES string of the molecule is CCCCc1ccc(NC(=O)NC2(C(F)(F)F)Oc3ccc(Cl)cc3O2)cc1. The topological polar surface area (TPSA) is 59.6 Å². The van der Waals surface area contributed by atoms with E-state index in [0.29, 0.717) is 5.69 Å². The van der Waals surface area contributed by atoms with Crippen LogP contribution in [0.4, 0.5) is 23.7 Å². The molecule has 0 radical (unpaired) electrons. The number of benzene rings is 2. The van der Waals surface area contributed by atoms with E-state index in [0.717, 1.165) is 24.8 Å². The van der Waals surface area contributed by atoms with E-state index < -0.39 is 18.1 Å². The number of carbonyl (C=O) groups is 1. The first kappa shape index (κ1) is 20.1. The number of halogens is 4.